The Morgan fingerprint density at radius 2 is 1.76 bits per heavy atom. The number of hydrogen-bond acceptors (Lipinski definition) is 4. The average molecular weight is 688 g/mol. The molecule has 2 aliphatic carbocycles. The molecule has 1 heterocycles. The predicted octanol–water partition coefficient (Wildman–Crippen LogP) is 8.22. The van der Waals surface area contributed by atoms with Crippen LogP contribution in [0.15, 0.2) is 156 Å². The monoisotopic (exact) mass is 687 g/mol. The van der Waals surface area contributed by atoms with Gasteiger partial charge in [-0.15, -0.1) is 6.58 Å². The number of carbonyl (C=O) groups is 1. The van der Waals surface area contributed by atoms with Crippen molar-refractivity contribution in [3.8, 4) is 11.1 Å². The fourth-order valence-electron chi connectivity index (χ4n) is 7.23. The molecule has 0 aromatic heterocycles. The van der Waals surface area contributed by atoms with Crippen LogP contribution in [0.25, 0.3) is 11.1 Å². The lowest BCUT2D eigenvalue weighted by molar-refractivity contribution is -0.125. The maximum Gasteiger partial charge on any atom is 0.260 e. The number of hydrogen-bond donors (Lipinski definition) is 1. The summed E-state index contributed by atoms with van der Waals surface area (Å²) in [6, 6.07) is 29.2. The molecular formula is C43H49N3O3S. The summed E-state index contributed by atoms with van der Waals surface area (Å²) in [5.41, 5.74) is 5.53. The third kappa shape index (κ3) is 7.85. The molecule has 6 rings (SSSR count). The summed E-state index contributed by atoms with van der Waals surface area (Å²) in [4.78, 5) is 16.5. The van der Waals surface area contributed by atoms with Crippen LogP contribution in [-0.4, -0.2) is 49.2 Å². The molecule has 1 amide bonds. The molecule has 260 valence electrons. The highest BCUT2D eigenvalue weighted by molar-refractivity contribution is 7.93. The van der Waals surface area contributed by atoms with Crippen molar-refractivity contribution in [1.82, 2.24) is 14.5 Å². The van der Waals surface area contributed by atoms with Crippen molar-refractivity contribution >= 4 is 15.9 Å². The van der Waals surface area contributed by atoms with E-state index in [1.807, 2.05) is 73.7 Å². The lowest BCUT2D eigenvalue weighted by Gasteiger charge is -2.31. The first-order chi connectivity index (χ1) is 24.2. The Morgan fingerprint density at radius 3 is 2.48 bits per heavy atom. The fourth-order valence-corrected chi connectivity index (χ4v) is 8.66. The molecule has 0 unspecified atom stereocenters. The molecule has 6 nitrogen and oxygen atoms in total. The quantitative estimate of drug-likeness (QED) is 0.184. The van der Waals surface area contributed by atoms with Gasteiger partial charge in [-0.1, -0.05) is 121 Å². The van der Waals surface area contributed by atoms with E-state index in [-0.39, 0.29) is 25.6 Å². The summed E-state index contributed by atoms with van der Waals surface area (Å²) < 4.78 is 29.5. The van der Waals surface area contributed by atoms with E-state index in [4.69, 9.17) is 0 Å². The molecule has 0 bridgehead atoms. The number of allylic oxidation sites excluding steroid dienone is 9. The van der Waals surface area contributed by atoms with Gasteiger partial charge < -0.3 is 5.32 Å². The summed E-state index contributed by atoms with van der Waals surface area (Å²) in [5.74, 6) is -0.271. The molecule has 0 spiro atoms. The molecule has 7 heteroatoms. The minimum absolute atomic E-state index is 0. The van der Waals surface area contributed by atoms with Crippen LogP contribution in [0.4, 0.5) is 0 Å². The summed E-state index contributed by atoms with van der Waals surface area (Å²) >= 11 is 0. The average Bonchev–Trinajstić information content (AvgIpc) is 3.73. The van der Waals surface area contributed by atoms with Crippen LogP contribution >= 0.6 is 0 Å². The van der Waals surface area contributed by atoms with Gasteiger partial charge in [-0.25, -0.2) is 8.42 Å². The highest BCUT2D eigenvalue weighted by Crippen LogP contribution is 2.51. The summed E-state index contributed by atoms with van der Waals surface area (Å²) in [6.07, 6.45) is 17.6. The zero-order chi connectivity index (χ0) is 35.1. The Morgan fingerprint density at radius 1 is 1.04 bits per heavy atom. The minimum Gasteiger partial charge on any atom is -0.344 e. The van der Waals surface area contributed by atoms with Crippen LogP contribution in [0.1, 0.15) is 38.7 Å². The van der Waals surface area contributed by atoms with Gasteiger partial charge in [0.25, 0.3) is 10.0 Å². The van der Waals surface area contributed by atoms with E-state index in [0.29, 0.717) is 23.6 Å². The zero-order valence-corrected chi connectivity index (χ0v) is 29.9. The van der Waals surface area contributed by atoms with Crippen LogP contribution in [0.5, 0.6) is 0 Å². The summed E-state index contributed by atoms with van der Waals surface area (Å²) in [5, 5.41) is 3.32. The topological polar surface area (TPSA) is 69.7 Å². The first kappa shape index (κ1) is 35.1. The van der Waals surface area contributed by atoms with E-state index in [2.05, 4.69) is 71.4 Å². The molecule has 1 aliphatic heterocycles. The van der Waals surface area contributed by atoms with Crippen LogP contribution in [0, 0.1) is 11.8 Å². The van der Waals surface area contributed by atoms with Gasteiger partial charge in [0, 0.05) is 33.9 Å². The number of amides is 1. The number of likely N-dealkylation sites (N-methyl/N-ethyl adjacent to an activating group) is 1. The zero-order valence-electron chi connectivity index (χ0n) is 29.0. The maximum atomic E-state index is 14.1. The van der Waals surface area contributed by atoms with E-state index in [1.165, 1.54) is 26.6 Å². The number of rotatable bonds is 13. The molecular weight excluding hydrogens is 639 g/mol. The second kappa shape index (κ2) is 15.4. The van der Waals surface area contributed by atoms with Gasteiger partial charge in [0.1, 0.15) is 0 Å². The van der Waals surface area contributed by atoms with Gasteiger partial charge in [0.05, 0.1) is 22.1 Å². The maximum absolute atomic E-state index is 14.1. The van der Waals surface area contributed by atoms with Crippen LogP contribution in [0.3, 0.4) is 0 Å². The largest absolute Gasteiger partial charge is 0.344 e. The molecule has 3 aromatic rings. The van der Waals surface area contributed by atoms with Crippen molar-refractivity contribution in [3.63, 3.8) is 0 Å². The van der Waals surface area contributed by atoms with Crippen molar-refractivity contribution < 1.29 is 14.6 Å². The predicted molar refractivity (Wildman–Crippen MR) is 206 cm³/mol. The second-order valence-corrected chi connectivity index (χ2v) is 15.5. The molecule has 1 saturated heterocycles. The third-order valence-electron chi connectivity index (χ3n) is 10.1. The van der Waals surface area contributed by atoms with E-state index in [9.17, 15) is 13.2 Å². The van der Waals surface area contributed by atoms with Crippen molar-refractivity contribution in [1.29, 1.82) is 0 Å². The molecule has 1 N–H and O–H groups in total. The molecule has 3 aliphatic rings. The van der Waals surface area contributed by atoms with E-state index >= 15 is 0 Å². The first-order valence-corrected chi connectivity index (χ1v) is 18.9. The number of nitrogens with zero attached hydrogens (tertiary/aromatic N) is 2. The molecule has 0 radical (unpaired) electrons. The lowest BCUT2D eigenvalue weighted by atomic mass is 10.0. The van der Waals surface area contributed by atoms with Gasteiger partial charge in [-0.2, -0.15) is 0 Å². The third-order valence-corrected chi connectivity index (χ3v) is 12.0. The fraction of sp³-hybridized carbons (Fsp3) is 0.279. The number of likely N-dealkylation sites (tertiary alicyclic amines) is 1. The SMILES string of the molecule is C=C[C@@H]1C[C@]1(NC(=O)[C@H]1CCN(Cc2cccc(-c3ccccc3)c2)C1)/C(=C/C)N(C)S(=O)(=O)C1=CC=CC(/C=C\Cc2ccccc2)=CC1.[HH]. The Kier molecular flexibility index (Phi) is 10.8. The minimum atomic E-state index is -3.87. The summed E-state index contributed by atoms with van der Waals surface area (Å²) in [7, 11) is -2.27. The Labute approximate surface area is 299 Å². The van der Waals surface area contributed by atoms with E-state index < -0.39 is 15.6 Å². The van der Waals surface area contributed by atoms with Gasteiger partial charge in [-0.3, -0.25) is 14.0 Å². The molecule has 50 heavy (non-hydrogen) atoms. The molecule has 3 atom stereocenters. The van der Waals surface area contributed by atoms with Crippen molar-refractivity contribution in [2.45, 2.75) is 44.7 Å². The highest BCUT2D eigenvalue weighted by atomic mass is 32.2. The second-order valence-electron chi connectivity index (χ2n) is 13.4. The molecule has 2 fully saturated rings. The smallest absolute Gasteiger partial charge is 0.260 e. The van der Waals surface area contributed by atoms with Gasteiger partial charge in [0.15, 0.2) is 0 Å². The first-order valence-electron chi connectivity index (χ1n) is 17.5. The van der Waals surface area contributed by atoms with Crippen molar-refractivity contribution in [3.05, 3.63) is 167 Å². The Bertz CT molecular complexity index is 1970. The Balaban J connectivity index is 0.00000504. The standard InChI is InChI=1S/C43H47N3O3S.H2/c1-4-39-30-43(39,44-42(47)38-27-28-46(32-38)31-35-20-13-23-37(29-35)36-21-10-7-11-22-36)41(5-2)45(3)50(48,49)40-24-14-19-34(25-26-40)18-12-17-33-15-8-6-9-16-33;/h4-16,18-25,29,38-39H,1,17,26-28,30-32H2,2-3H3,(H,44,47);1H/b18-12-,41-5-;/t38-,39+,43+;/m0./s1. The number of sulfonamides is 1. The number of carbonyl (C=O) groups excluding carboxylic acids is 1. The molecule has 1 saturated carbocycles. The van der Waals surface area contributed by atoms with Gasteiger partial charge in [0.2, 0.25) is 5.91 Å². The van der Waals surface area contributed by atoms with Crippen LogP contribution in [-0.2, 0) is 27.8 Å². The van der Waals surface area contributed by atoms with E-state index in [1.54, 1.807) is 19.2 Å². The highest BCUT2D eigenvalue weighted by Gasteiger charge is 2.59. The molecule has 3 aromatic carbocycles. The van der Waals surface area contributed by atoms with Gasteiger partial charge >= 0.3 is 0 Å². The van der Waals surface area contributed by atoms with Crippen LogP contribution < -0.4 is 5.32 Å². The normalized spacial score (nSPS) is 22.5. The van der Waals surface area contributed by atoms with Crippen molar-refractivity contribution in [2.24, 2.45) is 11.8 Å². The Hall–Kier alpha value is -4.72. The van der Waals surface area contributed by atoms with E-state index in [0.717, 1.165) is 31.5 Å². The van der Waals surface area contributed by atoms with Crippen LogP contribution in [0.2, 0.25) is 0 Å². The van der Waals surface area contributed by atoms with Crippen molar-refractivity contribution in [2.75, 3.05) is 20.1 Å². The number of benzene rings is 3. The summed E-state index contributed by atoms with van der Waals surface area (Å²) in [6.45, 7) is 8.11. The lowest BCUT2D eigenvalue weighted by Crippen LogP contribution is -2.48. The number of nitrogens with one attached hydrogen (secondary N) is 1. The van der Waals surface area contributed by atoms with Gasteiger partial charge in [-0.05, 0) is 72.7 Å².